The molecule has 2 amide bonds. The number of likely N-dealkylation sites (tertiary alicyclic amines) is 1. The molecule has 0 radical (unpaired) electrons. The Morgan fingerprint density at radius 2 is 2.21 bits per heavy atom. The molecule has 2 aliphatic rings. The monoisotopic (exact) mass is 348 g/mol. The summed E-state index contributed by atoms with van der Waals surface area (Å²) in [7, 11) is 0. The van der Waals surface area contributed by atoms with Gasteiger partial charge in [0.05, 0.1) is 11.4 Å². The summed E-state index contributed by atoms with van der Waals surface area (Å²) in [5, 5.41) is 11.6. The van der Waals surface area contributed by atoms with Gasteiger partial charge in [0.15, 0.2) is 0 Å². The molecule has 6 nitrogen and oxygen atoms in total. The largest absolute Gasteiger partial charge is 0.481 e. The van der Waals surface area contributed by atoms with Crippen molar-refractivity contribution in [2.45, 2.75) is 30.6 Å². The van der Waals surface area contributed by atoms with E-state index in [1.54, 1.807) is 17.0 Å². The van der Waals surface area contributed by atoms with Crippen LogP contribution in [0.1, 0.15) is 36.0 Å². The maximum absolute atomic E-state index is 12.7. The predicted molar refractivity (Wildman–Crippen MR) is 91.3 cm³/mol. The predicted octanol–water partition coefficient (Wildman–Crippen LogP) is 2.45. The van der Waals surface area contributed by atoms with Crippen molar-refractivity contribution in [1.29, 1.82) is 0 Å². The number of carboxylic acids is 1. The summed E-state index contributed by atoms with van der Waals surface area (Å²) in [4.78, 5) is 37.7. The lowest BCUT2D eigenvalue weighted by molar-refractivity contribution is -0.137. The van der Waals surface area contributed by atoms with E-state index in [1.807, 2.05) is 6.07 Å². The van der Waals surface area contributed by atoms with Gasteiger partial charge >= 0.3 is 5.97 Å². The Kier molecular flexibility index (Phi) is 5.08. The lowest BCUT2D eigenvalue weighted by Crippen LogP contribution is -2.40. The van der Waals surface area contributed by atoms with Gasteiger partial charge in [0.1, 0.15) is 0 Å². The summed E-state index contributed by atoms with van der Waals surface area (Å²) in [6, 6.07) is 5.41. The molecule has 24 heavy (non-hydrogen) atoms. The zero-order valence-corrected chi connectivity index (χ0v) is 14.1. The maximum atomic E-state index is 12.7. The summed E-state index contributed by atoms with van der Waals surface area (Å²) >= 11 is 1.47. The van der Waals surface area contributed by atoms with Gasteiger partial charge in [-0.3, -0.25) is 14.4 Å². The summed E-state index contributed by atoms with van der Waals surface area (Å²) in [5.41, 5.74) is 1.26. The number of fused-ring (bicyclic) bond motifs is 1. The molecule has 0 aliphatic carbocycles. The second kappa shape index (κ2) is 7.25. The Morgan fingerprint density at radius 1 is 1.38 bits per heavy atom. The molecule has 1 atom stereocenters. The third-order valence-electron chi connectivity index (χ3n) is 4.43. The molecule has 2 N–H and O–H groups in total. The molecule has 1 saturated heterocycles. The van der Waals surface area contributed by atoms with Crippen molar-refractivity contribution in [3.8, 4) is 0 Å². The molecule has 1 aromatic carbocycles. The Labute approximate surface area is 144 Å². The summed E-state index contributed by atoms with van der Waals surface area (Å²) < 4.78 is 0. The fourth-order valence-electron chi connectivity index (χ4n) is 3.21. The number of nitrogens with zero attached hydrogens (tertiary/aromatic N) is 1. The lowest BCUT2D eigenvalue weighted by Gasteiger charge is -2.33. The van der Waals surface area contributed by atoms with E-state index >= 15 is 0 Å². The Bertz CT molecular complexity index is 677. The zero-order valence-electron chi connectivity index (χ0n) is 13.3. The average Bonchev–Trinajstić information content (AvgIpc) is 2.59. The van der Waals surface area contributed by atoms with Crippen molar-refractivity contribution in [3.63, 3.8) is 0 Å². The number of hydrogen-bond donors (Lipinski definition) is 2. The topological polar surface area (TPSA) is 86.7 Å². The van der Waals surface area contributed by atoms with Crippen molar-refractivity contribution in [2.24, 2.45) is 5.92 Å². The highest BCUT2D eigenvalue weighted by Crippen LogP contribution is 2.32. The fraction of sp³-hybridized carbons (Fsp3) is 0.471. The van der Waals surface area contributed by atoms with Crippen LogP contribution in [0.4, 0.5) is 5.69 Å². The molecule has 1 aromatic rings. The van der Waals surface area contributed by atoms with E-state index in [0.717, 1.165) is 17.7 Å². The van der Waals surface area contributed by atoms with Gasteiger partial charge < -0.3 is 15.3 Å². The van der Waals surface area contributed by atoms with Crippen LogP contribution in [0.2, 0.25) is 0 Å². The van der Waals surface area contributed by atoms with Crippen LogP contribution >= 0.6 is 11.8 Å². The highest BCUT2D eigenvalue weighted by molar-refractivity contribution is 8.00. The maximum Gasteiger partial charge on any atom is 0.303 e. The number of aliphatic carboxylic acids is 1. The van der Waals surface area contributed by atoms with Crippen LogP contribution in [0.25, 0.3) is 0 Å². The third-order valence-corrected chi connectivity index (χ3v) is 5.51. The van der Waals surface area contributed by atoms with Crippen molar-refractivity contribution in [3.05, 3.63) is 23.8 Å². The van der Waals surface area contributed by atoms with E-state index in [0.29, 0.717) is 36.5 Å². The number of nitrogens with one attached hydrogen (secondary N) is 1. The first-order chi connectivity index (χ1) is 11.5. The molecular weight excluding hydrogens is 328 g/mol. The normalized spacial score (nSPS) is 20.2. The van der Waals surface area contributed by atoms with Crippen molar-refractivity contribution in [1.82, 2.24) is 4.90 Å². The van der Waals surface area contributed by atoms with E-state index in [9.17, 15) is 14.4 Å². The van der Waals surface area contributed by atoms with Crippen molar-refractivity contribution < 1.29 is 19.5 Å². The van der Waals surface area contributed by atoms with E-state index in [1.165, 1.54) is 11.8 Å². The minimum absolute atomic E-state index is 0.0520. The minimum Gasteiger partial charge on any atom is -0.481 e. The SMILES string of the molecule is O=C(O)CCC1CCCN(C(=O)c2ccc3c(c2)NC(=O)CS3)C1. The van der Waals surface area contributed by atoms with Crippen LogP contribution in [-0.4, -0.2) is 46.6 Å². The molecular formula is C17H20N2O4S. The van der Waals surface area contributed by atoms with Gasteiger partial charge in [-0.25, -0.2) is 0 Å². The van der Waals surface area contributed by atoms with Crippen LogP contribution in [0, 0.1) is 5.92 Å². The first-order valence-corrected chi connectivity index (χ1v) is 9.09. The number of carboxylic acid groups (broad SMARTS) is 1. The molecule has 0 saturated carbocycles. The molecule has 7 heteroatoms. The lowest BCUT2D eigenvalue weighted by atomic mass is 9.93. The third kappa shape index (κ3) is 3.90. The molecule has 0 spiro atoms. The number of carbonyl (C=O) groups excluding carboxylic acids is 2. The summed E-state index contributed by atoms with van der Waals surface area (Å²) in [6.45, 7) is 1.30. The molecule has 0 aromatic heterocycles. The molecule has 1 unspecified atom stereocenters. The van der Waals surface area contributed by atoms with Gasteiger partial charge in [-0.2, -0.15) is 0 Å². The Balaban J connectivity index is 1.68. The first kappa shape index (κ1) is 16.8. The zero-order chi connectivity index (χ0) is 17.1. The van der Waals surface area contributed by atoms with Gasteiger partial charge in [0.25, 0.3) is 5.91 Å². The molecule has 1 fully saturated rings. The molecule has 128 valence electrons. The van der Waals surface area contributed by atoms with E-state index in [4.69, 9.17) is 5.11 Å². The summed E-state index contributed by atoms with van der Waals surface area (Å²) in [5.74, 6) is -0.253. The average molecular weight is 348 g/mol. The number of carbonyl (C=O) groups is 3. The first-order valence-electron chi connectivity index (χ1n) is 8.10. The number of amides is 2. The Hall–Kier alpha value is -2.02. The van der Waals surface area contributed by atoms with E-state index in [2.05, 4.69) is 5.32 Å². The second-order valence-corrected chi connectivity index (χ2v) is 7.26. The molecule has 0 bridgehead atoms. The van der Waals surface area contributed by atoms with Gasteiger partial charge in [0.2, 0.25) is 5.91 Å². The minimum atomic E-state index is -0.790. The van der Waals surface area contributed by atoms with E-state index in [-0.39, 0.29) is 24.2 Å². The van der Waals surface area contributed by atoms with Gasteiger partial charge in [-0.15, -0.1) is 11.8 Å². The highest BCUT2D eigenvalue weighted by atomic mass is 32.2. The number of benzene rings is 1. The van der Waals surface area contributed by atoms with E-state index < -0.39 is 5.97 Å². The second-order valence-electron chi connectivity index (χ2n) is 6.24. The van der Waals surface area contributed by atoms with Crippen LogP contribution in [0.3, 0.4) is 0 Å². The van der Waals surface area contributed by atoms with Crippen molar-refractivity contribution in [2.75, 3.05) is 24.2 Å². The number of rotatable bonds is 4. The standard InChI is InChI=1S/C17H20N2O4S/c20-15-10-24-14-5-4-12(8-13(14)18-15)17(23)19-7-1-2-11(9-19)3-6-16(21)22/h4-5,8,11H,1-3,6-7,9-10H2,(H,18,20)(H,21,22). The van der Waals surface area contributed by atoms with Gasteiger partial charge in [0, 0.05) is 30.0 Å². The van der Waals surface area contributed by atoms with Crippen LogP contribution in [0.15, 0.2) is 23.1 Å². The van der Waals surface area contributed by atoms with Gasteiger partial charge in [-0.05, 0) is 43.4 Å². The van der Waals surface area contributed by atoms with Crippen LogP contribution in [-0.2, 0) is 9.59 Å². The van der Waals surface area contributed by atoms with Crippen molar-refractivity contribution >= 4 is 35.2 Å². The quantitative estimate of drug-likeness (QED) is 0.873. The molecule has 2 aliphatic heterocycles. The molecule has 3 rings (SSSR count). The number of hydrogen-bond acceptors (Lipinski definition) is 4. The number of thioether (sulfide) groups is 1. The van der Waals surface area contributed by atoms with Gasteiger partial charge in [-0.1, -0.05) is 0 Å². The van der Waals surface area contributed by atoms with Crippen LogP contribution in [0.5, 0.6) is 0 Å². The van der Waals surface area contributed by atoms with Crippen LogP contribution < -0.4 is 5.32 Å². The highest BCUT2D eigenvalue weighted by Gasteiger charge is 2.26. The Morgan fingerprint density at radius 3 is 3.00 bits per heavy atom. The molecule has 2 heterocycles. The summed E-state index contributed by atoms with van der Waals surface area (Å²) in [6.07, 6.45) is 2.62. The smallest absolute Gasteiger partial charge is 0.303 e. The number of piperidine rings is 1. The fourth-order valence-corrected chi connectivity index (χ4v) is 4.00. The number of anilines is 1.